The van der Waals surface area contributed by atoms with Gasteiger partial charge < -0.3 is 10.0 Å². The molecule has 0 aliphatic carbocycles. The fourth-order valence-electron chi connectivity index (χ4n) is 0. The van der Waals surface area contributed by atoms with Crippen LogP contribution in [0.3, 0.4) is 0 Å². The van der Waals surface area contributed by atoms with Crippen molar-refractivity contribution in [3.63, 3.8) is 0 Å². The van der Waals surface area contributed by atoms with Crippen LogP contribution in [0, 0.1) is 0 Å². The van der Waals surface area contributed by atoms with E-state index in [4.69, 9.17) is 5.11 Å². The first-order valence-corrected chi connectivity index (χ1v) is 3.55. The van der Waals surface area contributed by atoms with Gasteiger partial charge in [-0.25, -0.2) is 4.79 Å². The predicted octanol–water partition coefficient (Wildman–Crippen LogP) is 2.28. The summed E-state index contributed by atoms with van der Waals surface area (Å²) in [6.07, 6.45) is -0.907. The van der Waals surface area contributed by atoms with Crippen LogP contribution in [0.2, 0.25) is 0 Å². The number of hydrogen-bond donors (Lipinski definition) is 1. The van der Waals surface area contributed by atoms with Crippen molar-refractivity contribution in [1.82, 2.24) is 4.90 Å². The van der Waals surface area contributed by atoms with Crippen LogP contribution in [0.4, 0.5) is 4.79 Å². The summed E-state index contributed by atoms with van der Waals surface area (Å²) < 4.78 is 0. The third-order valence-corrected chi connectivity index (χ3v) is 0.383. The normalized spacial score (nSPS) is 5.80. The van der Waals surface area contributed by atoms with Crippen molar-refractivity contribution in [3.05, 3.63) is 0 Å². The molecule has 0 unspecified atom stereocenters. The summed E-state index contributed by atoms with van der Waals surface area (Å²) in [5, 5.41) is 7.92. The Morgan fingerprint density at radius 1 is 1.10 bits per heavy atom. The first-order chi connectivity index (χ1) is 4.64. The maximum absolute atomic E-state index is 9.62. The van der Waals surface area contributed by atoms with Gasteiger partial charge in [0.05, 0.1) is 0 Å². The minimum absolute atomic E-state index is 0.907. The fraction of sp³-hybridized carbons (Fsp3) is 0.857. The Bertz CT molecular complexity index is 62.6. The van der Waals surface area contributed by atoms with Crippen LogP contribution in [-0.2, 0) is 0 Å². The van der Waals surface area contributed by atoms with Crippen LogP contribution < -0.4 is 0 Å². The van der Waals surface area contributed by atoms with E-state index in [2.05, 4.69) is 0 Å². The van der Waals surface area contributed by atoms with Gasteiger partial charge in [0, 0.05) is 14.1 Å². The van der Waals surface area contributed by atoms with E-state index in [0.29, 0.717) is 0 Å². The van der Waals surface area contributed by atoms with Crippen molar-refractivity contribution in [2.24, 2.45) is 0 Å². The standard InChI is InChI=1S/C3H7NO2.2C2H6/c1-4(2)3(5)6;2*1-2/h1-2H3,(H,5,6);2*1-2H3. The number of amides is 1. The van der Waals surface area contributed by atoms with Crippen LogP contribution >= 0.6 is 0 Å². The lowest BCUT2D eigenvalue weighted by molar-refractivity contribution is 0.165. The molecule has 0 aromatic heterocycles. The highest BCUT2D eigenvalue weighted by molar-refractivity contribution is 5.63. The van der Waals surface area contributed by atoms with Gasteiger partial charge in [-0.1, -0.05) is 27.7 Å². The third kappa shape index (κ3) is 26.7. The number of nitrogens with zero attached hydrogens (tertiary/aromatic N) is 1. The Hall–Kier alpha value is -0.730. The fourth-order valence-corrected chi connectivity index (χ4v) is 0. The van der Waals surface area contributed by atoms with Gasteiger partial charge in [-0.05, 0) is 0 Å². The molecule has 0 aromatic rings. The van der Waals surface area contributed by atoms with E-state index in [1.54, 1.807) is 0 Å². The lowest BCUT2D eigenvalue weighted by atomic mass is 10.9. The topological polar surface area (TPSA) is 40.5 Å². The van der Waals surface area contributed by atoms with Crippen molar-refractivity contribution in [2.75, 3.05) is 14.1 Å². The van der Waals surface area contributed by atoms with Crippen molar-refractivity contribution in [1.29, 1.82) is 0 Å². The molecule has 0 aliphatic rings. The molecule has 0 radical (unpaired) electrons. The molecule has 0 saturated carbocycles. The van der Waals surface area contributed by atoms with Crippen LogP contribution in [0.1, 0.15) is 27.7 Å². The lowest BCUT2D eigenvalue weighted by Gasteiger charge is -1.99. The van der Waals surface area contributed by atoms with Gasteiger partial charge in [0.25, 0.3) is 0 Å². The van der Waals surface area contributed by atoms with Gasteiger partial charge in [0.15, 0.2) is 0 Å². The molecule has 1 N–H and O–H groups in total. The highest BCUT2D eigenvalue weighted by Gasteiger charge is 1.91. The Morgan fingerprint density at radius 3 is 1.20 bits per heavy atom. The van der Waals surface area contributed by atoms with Gasteiger partial charge in [-0.3, -0.25) is 0 Å². The van der Waals surface area contributed by atoms with Gasteiger partial charge in [-0.2, -0.15) is 0 Å². The Balaban J connectivity index is -0.000000105. The first-order valence-electron chi connectivity index (χ1n) is 3.55. The minimum atomic E-state index is -0.907. The molecule has 3 nitrogen and oxygen atoms in total. The molecule has 0 spiro atoms. The molecule has 0 heterocycles. The quantitative estimate of drug-likeness (QED) is 0.574. The second kappa shape index (κ2) is 15.7. The third-order valence-electron chi connectivity index (χ3n) is 0.383. The molecule has 0 rings (SSSR count). The van der Waals surface area contributed by atoms with Crippen molar-refractivity contribution >= 4 is 6.09 Å². The Kier molecular flexibility index (Phi) is 25.4. The van der Waals surface area contributed by atoms with Crippen LogP contribution in [0.25, 0.3) is 0 Å². The summed E-state index contributed by atoms with van der Waals surface area (Å²) in [4.78, 5) is 10.7. The number of carboxylic acid groups (broad SMARTS) is 1. The van der Waals surface area contributed by atoms with Crippen molar-refractivity contribution in [2.45, 2.75) is 27.7 Å². The number of hydrogen-bond acceptors (Lipinski definition) is 1. The Morgan fingerprint density at radius 2 is 1.20 bits per heavy atom. The zero-order chi connectivity index (χ0) is 9.15. The van der Waals surface area contributed by atoms with Crippen LogP contribution in [0.5, 0.6) is 0 Å². The summed E-state index contributed by atoms with van der Waals surface area (Å²) in [6, 6.07) is 0. The predicted molar refractivity (Wildman–Crippen MR) is 44.4 cm³/mol. The molecular weight excluding hydrogens is 130 g/mol. The maximum Gasteiger partial charge on any atom is 0.406 e. The highest BCUT2D eigenvalue weighted by atomic mass is 16.4. The average molecular weight is 149 g/mol. The monoisotopic (exact) mass is 149 g/mol. The van der Waals surface area contributed by atoms with Crippen molar-refractivity contribution < 1.29 is 9.90 Å². The molecule has 0 bridgehead atoms. The van der Waals surface area contributed by atoms with E-state index >= 15 is 0 Å². The van der Waals surface area contributed by atoms with Crippen LogP contribution in [0.15, 0.2) is 0 Å². The molecule has 0 fully saturated rings. The molecule has 64 valence electrons. The van der Waals surface area contributed by atoms with Gasteiger partial charge >= 0.3 is 6.09 Å². The zero-order valence-corrected chi connectivity index (χ0v) is 7.80. The molecule has 0 aliphatic heterocycles. The highest BCUT2D eigenvalue weighted by Crippen LogP contribution is 1.69. The summed E-state index contributed by atoms with van der Waals surface area (Å²) in [6.45, 7) is 8.00. The molecule has 0 aromatic carbocycles. The summed E-state index contributed by atoms with van der Waals surface area (Å²) in [5.41, 5.74) is 0. The molecule has 1 amide bonds. The van der Waals surface area contributed by atoms with E-state index in [-0.39, 0.29) is 0 Å². The molecule has 0 atom stereocenters. The SMILES string of the molecule is CC.CC.CN(C)C(=O)O. The van der Waals surface area contributed by atoms with E-state index in [0.717, 1.165) is 4.90 Å². The van der Waals surface area contributed by atoms with Gasteiger partial charge in [0.1, 0.15) is 0 Å². The number of carbonyl (C=O) groups is 1. The number of rotatable bonds is 0. The molecule has 3 heteroatoms. The first kappa shape index (κ1) is 16.1. The second-order valence-electron chi connectivity index (χ2n) is 1.18. The summed E-state index contributed by atoms with van der Waals surface area (Å²) in [7, 11) is 2.95. The van der Waals surface area contributed by atoms with E-state index in [1.807, 2.05) is 27.7 Å². The van der Waals surface area contributed by atoms with E-state index in [1.165, 1.54) is 14.1 Å². The van der Waals surface area contributed by atoms with Gasteiger partial charge in [0.2, 0.25) is 0 Å². The maximum atomic E-state index is 9.62. The molecule has 0 saturated heterocycles. The van der Waals surface area contributed by atoms with Crippen LogP contribution in [-0.4, -0.2) is 30.2 Å². The lowest BCUT2D eigenvalue weighted by Crippen LogP contribution is -2.18. The second-order valence-corrected chi connectivity index (χ2v) is 1.18. The summed E-state index contributed by atoms with van der Waals surface area (Å²) >= 11 is 0. The minimum Gasteiger partial charge on any atom is -0.465 e. The zero-order valence-electron chi connectivity index (χ0n) is 7.80. The summed E-state index contributed by atoms with van der Waals surface area (Å²) in [5.74, 6) is 0. The Labute approximate surface area is 63.7 Å². The smallest absolute Gasteiger partial charge is 0.406 e. The largest absolute Gasteiger partial charge is 0.465 e. The van der Waals surface area contributed by atoms with E-state index in [9.17, 15) is 4.79 Å². The van der Waals surface area contributed by atoms with Crippen molar-refractivity contribution in [3.8, 4) is 0 Å². The van der Waals surface area contributed by atoms with E-state index < -0.39 is 6.09 Å². The van der Waals surface area contributed by atoms with Gasteiger partial charge in [-0.15, -0.1) is 0 Å². The molecular formula is C7H19NO2. The molecule has 10 heavy (non-hydrogen) atoms. The average Bonchev–Trinajstić information content (AvgIpc) is 1.96.